The highest BCUT2D eigenvalue weighted by Crippen LogP contribution is 2.20. The number of carbonyl (C=O) groups excluding carboxylic acids is 2. The lowest BCUT2D eigenvalue weighted by Gasteiger charge is -2.31. The molecule has 20 heavy (non-hydrogen) atoms. The number of piperidine rings is 1. The molecule has 1 fully saturated rings. The van der Waals surface area contributed by atoms with E-state index in [1.54, 1.807) is 22.8 Å². The summed E-state index contributed by atoms with van der Waals surface area (Å²) in [6.07, 6.45) is 5.43. The third kappa shape index (κ3) is 3.36. The summed E-state index contributed by atoms with van der Waals surface area (Å²) in [7, 11) is 3.61. The van der Waals surface area contributed by atoms with Crippen molar-refractivity contribution < 1.29 is 9.59 Å². The smallest absolute Gasteiger partial charge is 0.249 e. The zero-order valence-electron chi connectivity index (χ0n) is 11.9. The Morgan fingerprint density at radius 3 is 3.00 bits per heavy atom. The summed E-state index contributed by atoms with van der Waals surface area (Å²) in [5.74, 6) is -0.146. The molecule has 1 aliphatic heterocycles. The van der Waals surface area contributed by atoms with Crippen LogP contribution in [0, 0.1) is 0 Å². The monoisotopic (exact) mass is 279 g/mol. The second kappa shape index (κ2) is 6.51. The van der Waals surface area contributed by atoms with Crippen molar-refractivity contribution in [1.29, 1.82) is 0 Å². The molecule has 1 saturated heterocycles. The van der Waals surface area contributed by atoms with Crippen LogP contribution in [0.25, 0.3) is 0 Å². The molecule has 2 N–H and O–H groups in total. The van der Waals surface area contributed by atoms with Gasteiger partial charge in [-0.1, -0.05) is 0 Å². The third-order valence-electron chi connectivity index (χ3n) is 3.38. The Morgan fingerprint density at radius 2 is 2.35 bits per heavy atom. The zero-order chi connectivity index (χ0) is 14.5. The molecular weight excluding hydrogens is 258 g/mol. The van der Waals surface area contributed by atoms with Gasteiger partial charge in [0.2, 0.25) is 11.8 Å². The minimum Gasteiger partial charge on any atom is -0.344 e. The van der Waals surface area contributed by atoms with Gasteiger partial charge in [0.15, 0.2) is 0 Å². The summed E-state index contributed by atoms with van der Waals surface area (Å²) in [4.78, 5) is 25.8. The van der Waals surface area contributed by atoms with Crippen LogP contribution in [0.15, 0.2) is 12.4 Å². The van der Waals surface area contributed by atoms with Crippen LogP contribution in [0.2, 0.25) is 0 Å². The largest absolute Gasteiger partial charge is 0.344 e. The highest BCUT2D eigenvalue weighted by molar-refractivity contribution is 5.99. The van der Waals surface area contributed by atoms with E-state index in [4.69, 9.17) is 0 Å². The van der Waals surface area contributed by atoms with Crippen molar-refractivity contribution in [3.8, 4) is 0 Å². The number of aryl methyl sites for hydroxylation is 1. The quantitative estimate of drug-likeness (QED) is 0.771. The second-order valence-corrected chi connectivity index (χ2v) is 4.98. The van der Waals surface area contributed by atoms with Crippen LogP contribution in [-0.4, -0.2) is 47.8 Å². The molecule has 7 nitrogen and oxygen atoms in total. The second-order valence-electron chi connectivity index (χ2n) is 4.98. The number of hydrogen-bond donors (Lipinski definition) is 2. The summed E-state index contributed by atoms with van der Waals surface area (Å²) in [6, 6.07) is -0.423. The van der Waals surface area contributed by atoms with Gasteiger partial charge in [0, 0.05) is 32.8 Å². The molecule has 0 bridgehead atoms. The number of nitrogens with zero attached hydrogens (tertiary/aromatic N) is 3. The third-order valence-corrected chi connectivity index (χ3v) is 3.38. The molecule has 1 aromatic heterocycles. The molecule has 0 aromatic carbocycles. The van der Waals surface area contributed by atoms with E-state index in [1.807, 2.05) is 13.2 Å². The fraction of sp³-hybridized carbons (Fsp3) is 0.615. The average molecular weight is 279 g/mol. The normalized spacial score (nSPS) is 19.2. The Hall–Kier alpha value is -1.89. The minimum absolute atomic E-state index is 0.0537. The van der Waals surface area contributed by atoms with Gasteiger partial charge in [-0.25, -0.2) is 0 Å². The average Bonchev–Trinajstić information content (AvgIpc) is 2.85. The molecule has 1 atom stereocenters. The first-order valence-corrected chi connectivity index (χ1v) is 6.86. The van der Waals surface area contributed by atoms with Gasteiger partial charge < -0.3 is 15.5 Å². The number of aromatic nitrogens is 2. The maximum Gasteiger partial charge on any atom is 0.249 e. The van der Waals surface area contributed by atoms with E-state index in [-0.39, 0.29) is 11.8 Å². The topological polar surface area (TPSA) is 79.3 Å². The summed E-state index contributed by atoms with van der Waals surface area (Å²) < 4.78 is 1.66. The van der Waals surface area contributed by atoms with Crippen LogP contribution in [0.5, 0.6) is 0 Å². The van der Waals surface area contributed by atoms with Crippen molar-refractivity contribution in [2.24, 2.45) is 7.05 Å². The molecule has 1 aliphatic rings. The Labute approximate surface area is 118 Å². The Balaban J connectivity index is 1.98. The van der Waals surface area contributed by atoms with E-state index < -0.39 is 6.04 Å². The SMILES string of the molecule is CNCCC(=O)NC1CCCN(c2cnn(C)c2)C1=O. The molecule has 0 spiro atoms. The van der Waals surface area contributed by atoms with Gasteiger partial charge in [-0.3, -0.25) is 14.3 Å². The number of rotatable bonds is 5. The highest BCUT2D eigenvalue weighted by atomic mass is 16.2. The summed E-state index contributed by atoms with van der Waals surface area (Å²) in [5.41, 5.74) is 0.784. The van der Waals surface area contributed by atoms with Crippen molar-refractivity contribution >= 4 is 17.5 Å². The van der Waals surface area contributed by atoms with Gasteiger partial charge in [0.25, 0.3) is 0 Å². The van der Waals surface area contributed by atoms with Crippen LogP contribution >= 0.6 is 0 Å². The maximum absolute atomic E-state index is 12.4. The van der Waals surface area contributed by atoms with E-state index >= 15 is 0 Å². The highest BCUT2D eigenvalue weighted by Gasteiger charge is 2.31. The Kier molecular flexibility index (Phi) is 4.73. The lowest BCUT2D eigenvalue weighted by Crippen LogP contribution is -2.52. The predicted molar refractivity (Wildman–Crippen MR) is 75.3 cm³/mol. The van der Waals surface area contributed by atoms with Crippen molar-refractivity contribution in [3.05, 3.63) is 12.4 Å². The fourth-order valence-electron chi connectivity index (χ4n) is 2.32. The summed E-state index contributed by atoms with van der Waals surface area (Å²) >= 11 is 0. The van der Waals surface area contributed by atoms with Gasteiger partial charge in [-0.05, 0) is 19.9 Å². The van der Waals surface area contributed by atoms with Gasteiger partial charge in [0.05, 0.1) is 11.9 Å². The predicted octanol–water partition coefficient (Wildman–Crippen LogP) is -0.359. The van der Waals surface area contributed by atoms with Crippen LogP contribution in [0.1, 0.15) is 19.3 Å². The number of anilines is 1. The van der Waals surface area contributed by atoms with Crippen molar-refractivity contribution in [2.75, 3.05) is 25.0 Å². The van der Waals surface area contributed by atoms with Gasteiger partial charge in [0.1, 0.15) is 6.04 Å². The molecule has 1 unspecified atom stereocenters. The van der Waals surface area contributed by atoms with Crippen LogP contribution in [-0.2, 0) is 16.6 Å². The summed E-state index contributed by atoms with van der Waals surface area (Å²) in [6.45, 7) is 1.28. The molecule has 7 heteroatoms. The zero-order valence-corrected chi connectivity index (χ0v) is 11.9. The van der Waals surface area contributed by atoms with Crippen molar-refractivity contribution in [1.82, 2.24) is 20.4 Å². The molecule has 2 heterocycles. The van der Waals surface area contributed by atoms with Crippen LogP contribution in [0.3, 0.4) is 0 Å². The summed E-state index contributed by atoms with van der Waals surface area (Å²) in [5, 5.41) is 9.81. The van der Waals surface area contributed by atoms with Gasteiger partial charge >= 0.3 is 0 Å². The molecular formula is C13H21N5O2. The van der Waals surface area contributed by atoms with Crippen LogP contribution < -0.4 is 15.5 Å². The molecule has 2 amide bonds. The number of hydrogen-bond acceptors (Lipinski definition) is 4. The molecule has 0 aliphatic carbocycles. The molecule has 110 valence electrons. The lowest BCUT2D eigenvalue weighted by atomic mass is 10.0. The first kappa shape index (κ1) is 14.5. The van der Waals surface area contributed by atoms with Gasteiger partial charge in [-0.15, -0.1) is 0 Å². The van der Waals surface area contributed by atoms with E-state index in [9.17, 15) is 9.59 Å². The first-order chi connectivity index (χ1) is 9.61. The van der Waals surface area contributed by atoms with E-state index in [0.29, 0.717) is 25.9 Å². The maximum atomic E-state index is 12.4. The molecule has 2 rings (SSSR count). The van der Waals surface area contributed by atoms with Crippen molar-refractivity contribution in [3.63, 3.8) is 0 Å². The van der Waals surface area contributed by atoms with Crippen molar-refractivity contribution in [2.45, 2.75) is 25.3 Å². The Bertz CT molecular complexity index is 485. The lowest BCUT2D eigenvalue weighted by molar-refractivity contribution is -0.128. The van der Waals surface area contributed by atoms with E-state index in [0.717, 1.165) is 12.1 Å². The molecule has 0 saturated carbocycles. The standard InChI is InChI=1S/C13H21N5O2/c1-14-6-5-12(19)16-11-4-3-7-18(13(11)20)10-8-15-17(2)9-10/h8-9,11,14H,3-7H2,1-2H3,(H,16,19). The van der Waals surface area contributed by atoms with E-state index in [1.165, 1.54) is 0 Å². The first-order valence-electron chi connectivity index (χ1n) is 6.86. The van der Waals surface area contributed by atoms with E-state index in [2.05, 4.69) is 15.7 Å². The molecule has 0 radical (unpaired) electrons. The Morgan fingerprint density at radius 1 is 1.55 bits per heavy atom. The number of carbonyl (C=O) groups is 2. The molecule has 1 aromatic rings. The van der Waals surface area contributed by atoms with Crippen LogP contribution in [0.4, 0.5) is 5.69 Å². The minimum atomic E-state index is -0.423. The van der Waals surface area contributed by atoms with Gasteiger partial charge in [-0.2, -0.15) is 5.10 Å². The number of amides is 2. The fourth-order valence-corrected chi connectivity index (χ4v) is 2.32. The number of nitrogens with one attached hydrogen (secondary N) is 2.